The van der Waals surface area contributed by atoms with Gasteiger partial charge in [-0.05, 0) is 80.1 Å². The van der Waals surface area contributed by atoms with Crippen LogP contribution in [0.4, 0.5) is 0 Å². The topological polar surface area (TPSA) is 61.4 Å². The van der Waals surface area contributed by atoms with Crippen molar-refractivity contribution in [3.8, 4) is 0 Å². The first-order valence-corrected chi connectivity index (χ1v) is 13.5. The lowest BCUT2D eigenvalue weighted by molar-refractivity contribution is -0.131. The van der Waals surface area contributed by atoms with Gasteiger partial charge in [-0.25, -0.2) is 0 Å². The number of benzene rings is 2. The zero-order valence-electron chi connectivity index (χ0n) is 19.1. The van der Waals surface area contributed by atoms with E-state index in [0.717, 1.165) is 43.6 Å². The van der Waals surface area contributed by atoms with Gasteiger partial charge in [0.1, 0.15) is 6.04 Å². The first-order valence-electron chi connectivity index (χ1n) is 12.0. The summed E-state index contributed by atoms with van der Waals surface area (Å²) in [6.07, 6.45) is 3.76. The van der Waals surface area contributed by atoms with E-state index in [9.17, 15) is 9.59 Å². The van der Waals surface area contributed by atoms with E-state index in [2.05, 4.69) is 15.5 Å². The summed E-state index contributed by atoms with van der Waals surface area (Å²) in [7, 11) is 0. The average molecular weight is 555 g/mol. The second kappa shape index (κ2) is 10.1. The van der Waals surface area contributed by atoms with Crippen LogP contribution in [0.15, 0.2) is 36.4 Å². The van der Waals surface area contributed by atoms with Crippen LogP contribution in [0.3, 0.4) is 0 Å². The van der Waals surface area contributed by atoms with Crippen LogP contribution < -0.4 is 10.6 Å². The molecule has 0 spiro atoms. The molecule has 2 aromatic rings. The highest BCUT2D eigenvalue weighted by molar-refractivity contribution is 6.35. The number of amides is 2. The Balaban J connectivity index is 1.37. The summed E-state index contributed by atoms with van der Waals surface area (Å²) in [6.45, 7) is 3.02. The molecule has 5 nitrogen and oxygen atoms in total. The standard InChI is InChI=1S/C26H27Cl4N3O2/c27-17-2-1-16(20(29)12-17)11-22(24(34)31-23-14-33-9-5-15(23)6-10-33)32-25(35)26(7-8-26)19-4-3-18(28)13-21(19)30/h1-4,12-13,15,22-23H,5-11,14H2,(H,31,34)(H,32,35). The van der Waals surface area contributed by atoms with Gasteiger partial charge in [-0.15, -0.1) is 0 Å². The van der Waals surface area contributed by atoms with E-state index in [1.54, 1.807) is 36.4 Å². The molecule has 3 heterocycles. The highest BCUT2D eigenvalue weighted by Gasteiger charge is 2.53. The van der Waals surface area contributed by atoms with E-state index >= 15 is 0 Å². The highest BCUT2D eigenvalue weighted by Crippen LogP contribution is 2.51. The number of piperidine rings is 3. The van der Waals surface area contributed by atoms with Crippen molar-refractivity contribution < 1.29 is 9.59 Å². The van der Waals surface area contributed by atoms with Crippen molar-refractivity contribution in [2.75, 3.05) is 19.6 Å². The number of hydrogen-bond acceptors (Lipinski definition) is 3. The first-order chi connectivity index (χ1) is 16.7. The molecule has 1 aliphatic carbocycles. The Bertz CT molecular complexity index is 1150. The van der Waals surface area contributed by atoms with Crippen LogP contribution in [0.1, 0.15) is 36.8 Å². The molecule has 2 unspecified atom stereocenters. The van der Waals surface area contributed by atoms with E-state index < -0.39 is 11.5 Å². The van der Waals surface area contributed by atoms with E-state index in [-0.39, 0.29) is 24.3 Å². The van der Waals surface area contributed by atoms with Crippen LogP contribution in [0, 0.1) is 5.92 Å². The number of rotatable bonds is 7. The second-order valence-electron chi connectivity index (χ2n) is 9.93. The third-order valence-electron chi connectivity index (χ3n) is 7.68. The van der Waals surface area contributed by atoms with Crippen molar-refractivity contribution in [1.82, 2.24) is 15.5 Å². The van der Waals surface area contributed by atoms with Gasteiger partial charge in [-0.3, -0.25) is 9.59 Å². The lowest BCUT2D eigenvalue weighted by Crippen LogP contribution is -2.60. The summed E-state index contributed by atoms with van der Waals surface area (Å²) in [6, 6.07) is 9.69. The summed E-state index contributed by atoms with van der Waals surface area (Å²) >= 11 is 25.0. The van der Waals surface area contributed by atoms with Crippen molar-refractivity contribution in [3.63, 3.8) is 0 Å². The summed E-state index contributed by atoms with van der Waals surface area (Å²) in [5.41, 5.74) is 0.738. The van der Waals surface area contributed by atoms with Gasteiger partial charge in [0, 0.05) is 39.1 Å². The normalized spacial score (nSPS) is 25.1. The molecule has 1 saturated carbocycles. The van der Waals surface area contributed by atoms with Gasteiger partial charge in [0.2, 0.25) is 11.8 Å². The second-order valence-corrected chi connectivity index (χ2v) is 11.6. The van der Waals surface area contributed by atoms with E-state index in [1.165, 1.54) is 0 Å². The average Bonchev–Trinajstić information content (AvgIpc) is 3.63. The lowest BCUT2D eigenvalue weighted by atomic mass is 9.84. The maximum absolute atomic E-state index is 13.6. The molecule has 35 heavy (non-hydrogen) atoms. The Morgan fingerprint density at radius 2 is 1.63 bits per heavy atom. The Morgan fingerprint density at radius 3 is 2.20 bits per heavy atom. The lowest BCUT2D eigenvalue weighted by Gasteiger charge is -2.45. The molecule has 2 amide bonds. The van der Waals surface area contributed by atoms with Crippen LogP contribution in [-0.4, -0.2) is 48.4 Å². The largest absolute Gasteiger partial charge is 0.350 e. The monoisotopic (exact) mass is 553 g/mol. The quantitative estimate of drug-likeness (QED) is 0.490. The van der Waals surface area contributed by atoms with Crippen molar-refractivity contribution in [2.45, 2.75) is 49.6 Å². The smallest absolute Gasteiger partial charge is 0.243 e. The van der Waals surface area contributed by atoms with Gasteiger partial charge >= 0.3 is 0 Å². The van der Waals surface area contributed by atoms with Crippen molar-refractivity contribution in [3.05, 3.63) is 67.6 Å². The number of nitrogens with one attached hydrogen (secondary N) is 2. The van der Waals surface area contributed by atoms with Gasteiger partial charge in [-0.2, -0.15) is 0 Å². The van der Waals surface area contributed by atoms with Gasteiger partial charge in [0.25, 0.3) is 0 Å². The van der Waals surface area contributed by atoms with Crippen LogP contribution in [0.5, 0.6) is 0 Å². The van der Waals surface area contributed by atoms with Crippen molar-refractivity contribution in [1.29, 1.82) is 0 Å². The number of hydrogen-bond donors (Lipinski definition) is 2. The van der Waals surface area contributed by atoms with Gasteiger partial charge < -0.3 is 15.5 Å². The zero-order chi connectivity index (χ0) is 24.7. The molecule has 6 rings (SSSR count). The molecular formula is C26H27Cl4N3O2. The Labute approximate surface area is 225 Å². The summed E-state index contributed by atoms with van der Waals surface area (Å²) in [5.74, 6) is 0.0732. The molecule has 4 fully saturated rings. The van der Waals surface area contributed by atoms with Crippen molar-refractivity contribution in [2.24, 2.45) is 5.92 Å². The van der Waals surface area contributed by atoms with E-state index in [1.807, 2.05) is 0 Å². The molecule has 2 atom stereocenters. The minimum Gasteiger partial charge on any atom is -0.350 e. The van der Waals surface area contributed by atoms with Crippen LogP contribution in [0.25, 0.3) is 0 Å². The third-order valence-corrected chi connectivity index (χ3v) is 8.81. The summed E-state index contributed by atoms with van der Waals surface area (Å²) in [4.78, 5) is 29.5. The number of halogens is 4. The fourth-order valence-electron chi connectivity index (χ4n) is 5.45. The molecule has 186 valence electrons. The predicted molar refractivity (Wildman–Crippen MR) is 141 cm³/mol. The van der Waals surface area contributed by atoms with Gasteiger partial charge in [-0.1, -0.05) is 58.5 Å². The Morgan fingerprint density at radius 1 is 0.971 bits per heavy atom. The SMILES string of the molecule is O=C(NC1CN2CCC1CC2)C(Cc1ccc(Cl)cc1Cl)NC(=O)C1(c2ccc(Cl)cc2Cl)CC1. The molecule has 2 N–H and O–H groups in total. The van der Waals surface area contributed by atoms with Crippen LogP contribution in [0.2, 0.25) is 20.1 Å². The molecule has 0 aromatic heterocycles. The van der Waals surface area contributed by atoms with Crippen LogP contribution in [-0.2, 0) is 21.4 Å². The number of carbonyl (C=O) groups excluding carboxylic acids is 2. The summed E-state index contributed by atoms with van der Waals surface area (Å²) in [5, 5.41) is 8.22. The van der Waals surface area contributed by atoms with Crippen LogP contribution >= 0.6 is 46.4 Å². The van der Waals surface area contributed by atoms with E-state index in [4.69, 9.17) is 46.4 Å². The highest BCUT2D eigenvalue weighted by atomic mass is 35.5. The molecule has 2 aromatic carbocycles. The first kappa shape index (κ1) is 25.2. The number of carbonyl (C=O) groups is 2. The van der Waals surface area contributed by atoms with Gasteiger partial charge in [0.15, 0.2) is 0 Å². The third kappa shape index (κ3) is 5.30. The molecule has 3 saturated heterocycles. The Hall–Kier alpha value is -1.50. The minimum absolute atomic E-state index is 0.0886. The molecular weight excluding hydrogens is 528 g/mol. The maximum atomic E-state index is 13.6. The molecule has 4 aliphatic rings. The molecule has 2 bridgehead atoms. The minimum atomic E-state index is -0.778. The fourth-order valence-corrected chi connectivity index (χ4v) is 6.52. The predicted octanol–water partition coefficient (Wildman–Crippen LogP) is 5.27. The summed E-state index contributed by atoms with van der Waals surface area (Å²) < 4.78 is 0. The Kier molecular flexibility index (Phi) is 7.26. The number of nitrogens with zero attached hydrogens (tertiary/aromatic N) is 1. The van der Waals surface area contributed by atoms with Crippen molar-refractivity contribution >= 4 is 58.2 Å². The molecule has 3 aliphatic heterocycles. The maximum Gasteiger partial charge on any atom is 0.243 e. The number of fused-ring (bicyclic) bond motifs is 3. The van der Waals surface area contributed by atoms with E-state index in [0.29, 0.717) is 38.9 Å². The molecule has 9 heteroatoms. The zero-order valence-corrected chi connectivity index (χ0v) is 22.2. The van der Waals surface area contributed by atoms with Gasteiger partial charge in [0.05, 0.1) is 5.41 Å². The fraction of sp³-hybridized carbons (Fsp3) is 0.462. The molecule has 0 radical (unpaired) electrons.